The molecule has 0 radical (unpaired) electrons. The quantitative estimate of drug-likeness (QED) is 0.563. The number of rotatable bonds is 2. The van der Waals surface area contributed by atoms with E-state index in [4.69, 9.17) is 4.74 Å². The van der Waals surface area contributed by atoms with Crippen LogP contribution in [0.15, 0.2) is 24.3 Å². The van der Waals surface area contributed by atoms with Crippen molar-refractivity contribution in [2.75, 3.05) is 20.8 Å². The number of hydrogen-bond acceptors (Lipinski definition) is 4. The Balaban J connectivity index is 2.47. The molecule has 0 saturated carbocycles. The maximum atomic E-state index is 10.6. The molecule has 4 heteroatoms. The van der Waals surface area contributed by atoms with Crippen LogP contribution in [-0.4, -0.2) is 27.0 Å². The van der Waals surface area contributed by atoms with E-state index in [1.54, 1.807) is 7.11 Å². The molecule has 1 aromatic carbocycles. The highest BCUT2D eigenvalue weighted by atomic mass is 16.7. The molecule has 0 unspecified atom stereocenters. The van der Waals surface area contributed by atoms with Gasteiger partial charge in [0.25, 0.3) is 0 Å². The van der Waals surface area contributed by atoms with Crippen molar-refractivity contribution in [3.63, 3.8) is 0 Å². The Morgan fingerprint density at radius 3 is 2.50 bits per heavy atom. The van der Waals surface area contributed by atoms with Gasteiger partial charge in [0.15, 0.2) is 6.61 Å². The summed E-state index contributed by atoms with van der Waals surface area (Å²) in [6, 6.07) is 7.27. The number of carbonyl (C=O) groups is 1. The molecule has 0 aliphatic rings. The molecule has 0 heterocycles. The van der Waals surface area contributed by atoms with Crippen molar-refractivity contribution in [3.8, 4) is 17.6 Å². The summed E-state index contributed by atoms with van der Waals surface area (Å²) in [7, 11) is 2.85. The van der Waals surface area contributed by atoms with Gasteiger partial charge in [-0.1, -0.05) is 11.8 Å². The van der Waals surface area contributed by atoms with Gasteiger partial charge >= 0.3 is 6.16 Å². The third-order valence-electron chi connectivity index (χ3n) is 1.75. The maximum Gasteiger partial charge on any atom is 0.508 e. The summed E-state index contributed by atoms with van der Waals surface area (Å²) in [4.78, 5) is 10.6. The summed E-state index contributed by atoms with van der Waals surface area (Å²) >= 11 is 0. The van der Waals surface area contributed by atoms with Crippen LogP contribution in [0.3, 0.4) is 0 Å². The van der Waals surface area contributed by atoms with Crippen LogP contribution in [0.4, 0.5) is 4.79 Å². The van der Waals surface area contributed by atoms with E-state index in [0.717, 1.165) is 11.3 Å². The molecule has 0 aliphatic heterocycles. The first-order valence-electron chi connectivity index (χ1n) is 4.60. The molecule has 0 N–H and O–H groups in total. The SMILES string of the molecule is COC(=O)OCC#Cc1ccc(OC)cc1. The van der Waals surface area contributed by atoms with Gasteiger partial charge in [0.1, 0.15) is 5.75 Å². The van der Waals surface area contributed by atoms with Crippen LogP contribution in [0.1, 0.15) is 5.56 Å². The fourth-order valence-corrected chi connectivity index (χ4v) is 0.966. The first kappa shape index (κ1) is 11.9. The summed E-state index contributed by atoms with van der Waals surface area (Å²) in [5.41, 5.74) is 0.828. The lowest BCUT2D eigenvalue weighted by Gasteiger charge is -1.98. The molecule has 0 bridgehead atoms. The molecule has 0 atom stereocenters. The zero-order chi connectivity index (χ0) is 11.8. The van der Waals surface area contributed by atoms with Gasteiger partial charge in [0.2, 0.25) is 0 Å². The van der Waals surface area contributed by atoms with Crippen molar-refractivity contribution in [1.29, 1.82) is 0 Å². The highest BCUT2D eigenvalue weighted by molar-refractivity contribution is 5.59. The second-order valence-electron chi connectivity index (χ2n) is 2.77. The molecular weight excluding hydrogens is 208 g/mol. The fraction of sp³-hybridized carbons (Fsp3) is 0.250. The third-order valence-corrected chi connectivity index (χ3v) is 1.75. The molecule has 84 valence electrons. The lowest BCUT2D eigenvalue weighted by atomic mass is 10.2. The van der Waals surface area contributed by atoms with Crippen molar-refractivity contribution >= 4 is 6.16 Å². The number of benzene rings is 1. The van der Waals surface area contributed by atoms with Gasteiger partial charge in [-0.25, -0.2) is 4.79 Å². The first-order chi connectivity index (χ1) is 7.76. The van der Waals surface area contributed by atoms with E-state index in [1.807, 2.05) is 24.3 Å². The van der Waals surface area contributed by atoms with E-state index < -0.39 is 6.16 Å². The van der Waals surface area contributed by atoms with Gasteiger partial charge in [0.05, 0.1) is 14.2 Å². The molecule has 1 rings (SSSR count). The Hall–Kier alpha value is -2.15. The Kier molecular flexibility index (Phi) is 4.74. The zero-order valence-corrected chi connectivity index (χ0v) is 9.15. The number of ether oxygens (including phenoxy) is 3. The van der Waals surface area contributed by atoms with E-state index in [2.05, 4.69) is 21.3 Å². The first-order valence-corrected chi connectivity index (χ1v) is 4.60. The van der Waals surface area contributed by atoms with Gasteiger partial charge in [-0.3, -0.25) is 0 Å². The van der Waals surface area contributed by atoms with Crippen LogP contribution in [0.25, 0.3) is 0 Å². The zero-order valence-electron chi connectivity index (χ0n) is 9.15. The molecule has 0 aliphatic carbocycles. The number of methoxy groups -OCH3 is 2. The summed E-state index contributed by atoms with van der Waals surface area (Å²) in [6.45, 7) is 0.0126. The molecule has 4 nitrogen and oxygen atoms in total. The predicted octanol–water partition coefficient (Wildman–Crippen LogP) is 1.83. The van der Waals surface area contributed by atoms with Gasteiger partial charge in [-0.05, 0) is 24.3 Å². The van der Waals surface area contributed by atoms with Gasteiger partial charge in [0, 0.05) is 5.56 Å². The standard InChI is InChI=1S/C12H12O4/c1-14-11-7-5-10(6-8-11)4-3-9-16-12(13)15-2/h5-8H,9H2,1-2H3. The lowest BCUT2D eigenvalue weighted by molar-refractivity contribution is 0.0833. The van der Waals surface area contributed by atoms with Gasteiger partial charge < -0.3 is 14.2 Å². The highest BCUT2D eigenvalue weighted by Gasteiger charge is 1.95. The van der Waals surface area contributed by atoms with Crippen LogP contribution in [-0.2, 0) is 9.47 Å². The maximum absolute atomic E-state index is 10.6. The average molecular weight is 220 g/mol. The minimum Gasteiger partial charge on any atom is -0.497 e. The minimum atomic E-state index is -0.732. The number of hydrogen-bond donors (Lipinski definition) is 0. The smallest absolute Gasteiger partial charge is 0.497 e. The van der Waals surface area contributed by atoms with E-state index in [1.165, 1.54) is 7.11 Å². The lowest BCUT2D eigenvalue weighted by Crippen LogP contribution is -2.03. The van der Waals surface area contributed by atoms with Crippen LogP contribution in [0.2, 0.25) is 0 Å². The molecule has 0 amide bonds. The molecular formula is C12H12O4. The van der Waals surface area contributed by atoms with Crippen molar-refractivity contribution in [2.24, 2.45) is 0 Å². The summed E-state index contributed by atoms with van der Waals surface area (Å²) in [6.07, 6.45) is -0.732. The molecule has 1 aromatic rings. The monoisotopic (exact) mass is 220 g/mol. The van der Waals surface area contributed by atoms with E-state index in [9.17, 15) is 4.79 Å². The topological polar surface area (TPSA) is 44.8 Å². The van der Waals surface area contributed by atoms with Crippen molar-refractivity contribution < 1.29 is 19.0 Å². The Morgan fingerprint density at radius 2 is 1.94 bits per heavy atom. The number of carbonyl (C=O) groups excluding carboxylic acids is 1. The average Bonchev–Trinajstić information content (AvgIpc) is 2.35. The Labute approximate surface area is 94.1 Å². The second-order valence-corrected chi connectivity index (χ2v) is 2.77. The molecule has 16 heavy (non-hydrogen) atoms. The van der Waals surface area contributed by atoms with Crippen LogP contribution in [0.5, 0.6) is 5.75 Å². The third kappa shape index (κ3) is 3.93. The molecule has 0 fully saturated rings. The molecule has 0 spiro atoms. The molecule has 0 saturated heterocycles. The van der Waals surface area contributed by atoms with E-state index in [0.29, 0.717) is 0 Å². The summed E-state index contributed by atoms with van der Waals surface area (Å²) < 4.78 is 13.9. The molecule has 0 aromatic heterocycles. The Bertz CT molecular complexity index is 397. The van der Waals surface area contributed by atoms with Crippen LogP contribution in [0, 0.1) is 11.8 Å². The van der Waals surface area contributed by atoms with Crippen LogP contribution < -0.4 is 4.74 Å². The fourth-order valence-electron chi connectivity index (χ4n) is 0.966. The van der Waals surface area contributed by atoms with Crippen molar-refractivity contribution in [1.82, 2.24) is 0 Å². The largest absolute Gasteiger partial charge is 0.508 e. The Morgan fingerprint density at radius 1 is 1.25 bits per heavy atom. The van der Waals surface area contributed by atoms with Gasteiger partial charge in [-0.2, -0.15) is 0 Å². The normalized spacial score (nSPS) is 8.62. The summed E-state index contributed by atoms with van der Waals surface area (Å²) in [5, 5.41) is 0. The summed E-state index contributed by atoms with van der Waals surface area (Å²) in [5.74, 6) is 6.30. The van der Waals surface area contributed by atoms with Gasteiger partial charge in [-0.15, -0.1) is 0 Å². The predicted molar refractivity (Wildman–Crippen MR) is 58.2 cm³/mol. The van der Waals surface area contributed by atoms with Crippen LogP contribution >= 0.6 is 0 Å². The second kappa shape index (κ2) is 6.36. The van der Waals surface area contributed by atoms with Crippen molar-refractivity contribution in [2.45, 2.75) is 0 Å². The van der Waals surface area contributed by atoms with Crippen molar-refractivity contribution in [3.05, 3.63) is 29.8 Å². The minimum absolute atomic E-state index is 0.0126. The van der Waals surface area contributed by atoms with E-state index >= 15 is 0 Å². The highest BCUT2D eigenvalue weighted by Crippen LogP contribution is 2.09. The van der Waals surface area contributed by atoms with E-state index in [-0.39, 0.29) is 6.61 Å².